The van der Waals surface area contributed by atoms with Crippen molar-refractivity contribution in [3.05, 3.63) is 0 Å². The Morgan fingerprint density at radius 2 is 1.94 bits per heavy atom. The molecule has 2 heterocycles. The molecule has 0 aromatic carbocycles. The van der Waals surface area contributed by atoms with E-state index in [4.69, 9.17) is 9.47 Å². The second kappa shape index (κ2) is 10.8. The maximum Gasteiger partial charge on any atom is 0.412 e. The van der Waals surface area contributed by atoms with Crippen molar-refractivity contribution in [2.24, 2.45) is 4.99 Å². The van der Waals surface area contributed by atoms with E-state index in [1.807, 2.05) is 41.5 Å². The van der Waals surface area contributed by atoms with Crippen LogP contribution in [0, 0.1) is 0 Å². The van der Waals surface area contributed by atoms with Gasteiger partial charge in [-0.05, 0) is 48.0 Å². The summed E-state index contributed by atoms with van der Waals surface area (Å²) >= 11 is 0. The fourth-order valence-corrected chi connectivity index (χ4v) is 5.32. The first kappa shape index (κ1) is 28.2. The van der Waals surface area contributed by atoms with Gasteiger partial charge in [-0.1, -0.05) is 0 Å². The number of carbonyl (C=O) groups is 1. The van der Waals surface area contributed by atoms with Gasteiger partial charge in [0.2, 0.25) is 10.0 Å². The summed E-state index contributed by atoms with van der Waals surface area (Å²) in [5.74, 6) is 0.753. The van der Waals surface area contributed by atoms with Crippen molar-refractivity contribution < 1.29 is 22.7 Å². The summed E-state index contributed by atoms with van der Waals surface area (Å²) < 4.78 is 36.9. The maximum absolute atomic E-state index is 12.8. The average molecular weight is 576 g/mol. The summed E-state index contributed by atoms with van der Waals surface area (Å²) in [5.41, 5.74) is -1.40. The van der Waals surface area contributed by atoms with Crippen LogP contribution in [0.1, 0.15) is 48.0 Å². The molecule has 2 N–H and O–H groups in total. The third kappa shape index (κ3) is 7.60. The van der Waals surface area contributed by atoms with Crippen molar-refractivity contribution in [2.45, 2.75) is 71.4 Å². The second-order valence-electron chi connectivity index (χ2n) is 9.14. The Bertz CT molecular complexity index is 753. The molecule has 0 spiro atoms. The molecule has 0 aromatic heterocycles. The van der Waals surface area contributed by atoms with E-state index in [1.54, 1.807) is 11.9 Å². The maximum atomic E-state index is 12.8. The largest absolute Gasteiger partial charge is 0.444 e. The zero-order valence-electron chi connectivity index (χ0n) is 19.6. The van der Waals surface area contributed by atoms with E-state index in [0.29, 0.717) is 38.6 Å². The van der Waals surface area contributed by atoms with Gasteiger partial charge in [0, 0.05) is 33.2 Å². The molecule has 0 bridgehead atoms. The Kier molecular flexibility index (Phi) is 9.85. The van der Waals surface area contributed by atoms with E-state index in [1.165, 1.54) is 4.31 Å². The SMILES string of the molecule is CN=C(NCCN1CCCS1(=O)=O)NCC1C(C)OC(C)(C)N1C(=O)OC(C)(C)C.I. The molecule has 2 fully saturated rings. The third-order valence-electron chi connectivity index (χ3n) is 5.08. The van der Waals surface area contributed by atoms with E-state index >= 15 is 0 Å². The highest BCUT2D eigenvalue weighted by atomic mass is 127. The molecule has 2 aliphatic rings. The van der Waals surface area contributed by atoms with Crippen LogP contribution >= 0.6 is 24.0 Å². The van der Waals surface area contributed by atoms with Gasteiger partial charge in [0.1, 0.15) is 11.3 Å². The number of rotatable bonds is 5. The Morgan fingerprint density at radius 1 is 1.29 bits per heavy atom. The molecule has 182 valence electrons. The number of halogens is 1. The standard InChI is InChI=1S/C19H37N5O5S.HI/c1-14-15(24(19(5,6)28-14)17(25)29-18(2,3)4)13-22-16(20-7)21-9-11-23-10-8-12-30(23,26)27;/h14-15H,8-13H2,1-7H3,(H2,20,21,22);1H. The van der Waals surface area contributed by atoms with Crippen molar-refractivity contribution in [3.8, 4) is 0 Å². The van der Waals surface area contributed by atoms with Crippen molar-refractivity contribution in [1.82, 2.24) is 19.8 Å². The van der Waals surface area contributed by atoms with E-state index in [-0.39, 0.29) is 41.9 Å². The summed E-state index contributed by atoms with van der Waals surface area (Å²) in [4.78, 5) is 18.6. The first-order valence-electron chi connectivity index (χ1n) is 10.4. The molecule has 2 saturated heterocycles. The Balaban J connectivity index is 0.00000480. The molecule has 0 radical (unpaired) electrons. The van der Waals surface area contributed by atoms with Gasteiger partial charge in [0.05, 0.1) is 17.9 Å². The molecule has 1 amide bonds. The molecule has 2 unspecified atom stereocenters. The normalized spacial score (nSPS) is 25.8. The minimum Gasteiger partial charge on any atom is -0.444 e. The highest BCUT2D eigenvalue weighted by Crippen LogP contribution is 2.33. The van der Waals surface area contributed by atoms with Crippen molar-refractivity contribution >= 4 is 46.1 Å². The second-order valence-corrected chi connectivity index (χ2v) is 11.2. The summed E-state index contributed by atoms with van der Waals surface area (Å²) in [7, 11) is -1.47. The lowest BCUT2D eigenvalue weighted by atomic mass is 10.1. The van der Waals surface area contributed by atoms with Gasteiger partial charge in [-0.2, -0.15) is 0 Å². The fraction of sp³-hybridized carbons (Fsp3) is 0.895. The third-order valence-corrected chi connectivity index (χ3v) is 7.03. The van der Waals surface area contributed by atoms with Crippen LogP contribution < -0.4 is 10.6 Å². The van der Waals surface area contributed by atoms with Gasteiger partial charge >= 0.3 is 6.09 Å². The highest BCUT2D eigenvalue weighted by Gasteiger charge is 2.49. The lowest BCUT2D eigenvalue weighted by Gasteiger charge is -2.35. The number of nitrogens with zero attached hydrogens (tertiary/aromatic N) is 3. The molecule has 12 heteroatoms. The first-order chi connectivity index (χ1) is 13.8. The smallest absolute Gasteiger partial charge is 0.412 e. The summed E-state index contributed by atoms with van der Waals surface area (Å²) in [6.07, 6.45) is 0.0456. The lowest BCUT2D eigenvalue weighted by Crippen LogP contribution is -2.54. The molecular formula is C19H38IN5O5S. The number of aliphatic imine (C=N–C) groups is 1. The summed E-state index contributed by atoms with van der Waals surface area (Å²) in [6.45, 7) is 12.9. The average Bonchev–Trinajstić information content (AvgIpc) is 3.03. The first-order valence-corrected chi connectivity index (χ1v) is 12.0. The highest BCUT2D eigenvalue weighted by molar-refractivity contribution is 14.0. The predicted molar refractivity (Wildman–Crippen MR) is 131 cm³/mol. The summed E-state index contributed by atoms with van der Waals surface area (Å²) in [6, 6.07) is -0.257. The monoisotopic (exact) mass is 575 g/mol. The van der Waals surface area contributed by atoms with Crippen molar-refractivity contribution in [2.75, 3.05) is 39.0 Å². The zero-order chi connectivity index (χ0) is 22.7. The van der Waals surface area contributed by atoms with Crippen LogP contribution in [-0.2, 0) is 19.5 Å². The molecule has 10 nitrogen and oxygen atoms in total. The van der Waals surface area contributed by atoms with Crippen LogP contribution in [-0.4, -0.2) is 92.1 Å². The van der Waals surface area contributed by atoms with Crippen LogP contribution in [0.15, 0.2) is 4.99 Å². The minimum absolute atomic E-state index is 0. The van der Waals surface area contributed by atoms with Crippen LogP contribution in [0.3, 0.4) is 0 Å². The molecule has 31 heavy (non-hydrogen) atoms. The number of sulfonamides is 1. The van der Waals surface area contributed by atoms with Gasteiger partial charge in [0.15, 0.2) is 5.96 Å². The van der Waals surface area contributed by atoms with Crippen LogP contribution in [0.5, 0.6) is 0 Å². The Labute approximate surface area is 203 Å². The number of guanidine groups is 1. The van der Waals surface area contributed by atoms with Gasteiger partial charge < -0.3 is 20.1 Å². The fourth-order valence-electron chi connectivity index (χ4n) is 3.79. The number of amides is 1. The van der Waals surface area contributed by atoms with E-state index in [0.717, 1.165) is 0 Å². The molecule has 2 aliphatic heterocycles. The van der Waals surface area contributed by atoms with Gasteiger partial charge in [0.25, 0.3) is 0 Å². The number of carbonyl (C=O) groups excluding carboxylic acids is 1. The molecule has 2 rings (SSSR count). The Morgan fingerprint density at radius 3 is 2.45 bits per heavy atom. The number of hydrogen-bond acceptors (Lipinski definition) is 6. The van der Waals surface area contributed by atoms with Gasteiger partial charge in [-0.25, -0.2) is 17.5 Å². The van der Waals surface area contributed by atoms with Crippen LogP contribution in [0.25, 0.3) is 0 Å². The van der Waals surface area contributed by atoms with Gasteiger partial charge in [-0.3, -0.25) is 9.89 Å². The van der Waals surface area contributed by atoms with Crippen molar-refractivity contribution in [1.29, 1.82) is 0 Å². The van der Waals surface area contributed by atoms with E-state index < -0.39 is 27.4 Å². The summed E-state index contributed by atoms with van der Waals surface area (Å²) in [5, 5.41) is 6.35. The van der Waals surface area contributed by atoms with Crippen LogP contribution in [0.4, 0.5) is 4.79 Å². The molecular weight excluding hydrogens is 537 g/mol. The lowest BCUT2D eigenvalue weighted by molar-refractivity contribution is -0.0755. The van der Waals surface area contributed by atoms with Crippen molar-refractivity contribution in [3.63, 3.8) is 0 Å². The molecule has 0 aromatic rings. The van der Waals surface area contributed by atoms with Crippen LogP contribution in [0.2, 0.25) is 0 Å². The topological polar surface area (TPSA) is 113 Å². The van der Waals surface area contributed by atoms with Gasteiger partial charge in [-0.15, -0.1) is 24.0 Å². The Hall–Kier alpha value is -0.860. The minimum atomic E-state index is -3.11. The van der Waals surface area contributed by atoms with E-state index in [9.17, 15) is 13.2 Å². The molecule has 0 aliphatic carbocycles. The quantitative estimate of drug-likeness (QED) is 0.291. The number of hydrogen-bond donors (Lipinski definition) is 2. The zero-order valence-corrected chi connectivity index (χ0v) is 22.7. The van der Waals surface area contributed by atoms with E-state index in [2.05, 4.69) is 15.6 Å². The predicted octanol–water partition coefficient (Wildman–Crippen LogP) is 1.57. The molecule has 0 saturated carbocycles. The number of ether oxygens (including phenoxy) is 2. The molecule has 2 atom stereocenters. The number of nitrogens with one attached hydrogen (secondary N) is 2.